The standard InChI is InChI=1S/C11H20O2S/c12-14(13)9-5-4-8-11(14)10-6-2-1-3-7-10/h10-11H,1-9H2/t11-/m1/s1. The highest BCUT2D eigenvalue weighted by molar-refractivity contribution is 7.92. The molecule has 2 nitrogen and oxygen atoms in total. The van der Waals surface area contributed by atoms with Crippen LogP contribution < -0.4 is 0 Å². The van der Waals surface area contributed by atoms with Crippen LogP contribution in [-0.4, -0.2) is 19.4 Å². The molecule has 0 unspecified atom stereocenters. The molecule has 0 N–H and O–H groups in total. The van der Waals surface area contributed by atoms with E-state index < -0.39 is 9.84 Å². The Hall–Kier alpha value is -0.0500. The molecule has 3 heteroatoms. The smallest absolute Gasteiger partial charge is 0.153 e. The summed E-state index contributed by atoms with van der Waals surface area (Å²) in [6.07, 6.45) is 9.07. The summed E-state index contributed by atoms with van der Waals surface area (Å²) in [6, 6.07) is 0. The minimum absolute atomic E-state index is 0.0246. The molecule has 14 heavy (non-hydrogen) atoms. The maximum absolute atomic E-state index is 11.9. The molecule has 1 aliphatic carbocycles. The first-order valence-corrected chi connectivity index (χ1v) is 7.63. The van der Waals surface area contributed by atoms with Crippen LogP contribution in [0.5, 0.6) is 0 Å². The number of hydrogen-bond donors (Lipinski definition) is 0. The second kappa shape index (κ2) is 4.21. The molecule has 1 saturated heterocycles. The van der Waals surface area contributed by atoms with Gasteiger partial charge in [0.15, 0.2) is 9.84 Å². The third-order valence-electron chi connectivity index (χ3n) is 3.80. The maximum Gasteiger partial charge on any atom is 0.153 e. The molecule has 2 rings (SSSR count). The van der Waals surface area contributed by atoms with Crippen molar-refractivity contribution in [1.82, 2.24) is 0 Å². The summed E-state index contributed by atoms with van der Waals surface area (Å²) in [4.78, 5) is 0. The Bertz CT molecular complexity index is 276. The van der Waals surface area contributed by atoms with Crippen molar-refractivity contribution in [2.75, 3.05) is 5.75 Å². The molecule has 0 aromatic carbocycles. The van der Waals surface area contributed by atoms with Gasteiger partial charge in [0, 0.05) is 0 Å². The third kappa shape index (κ3) is 2.13. The summed E-state index contributed by atoms with van der Waals surface area (Å²) >= 11 is 0. The first-order chi connectivity index (χ1) is 6.70. The highest BCUT2D eigenvalue weighted by Gasteiger charge is 2.35. The Balaban J connectivity index is 2.07. The average Bonchev–Trinajstić information content (AvgIpc) is 2.18. The van der Waals surface area contributed by atoms with Crippen LogP contribution in [-0.2, 0) is 9.84 Å². The molecule has 0 aromatic heterocycles. The predicted octanol–water partition coefficient (Wildman–Crippen LogP) is 2.53. The van der Waals surface area contributed by atoms with Crippen molar-refractivity contribution in [3.63, 3.8) is 0 Å². The summed E-state index contributed by atoms with van der Waals surface area (Å²) in [5.41, 5.74) is 0. The van der Waals surface area contributed by atoms with Gasteiger partial charge in [-0.05, 0) is 31.6 Å². The Morgan fingerprint density at radius 3 is 2.07 bits per heavy atom. The first-order valence-electron chi connectivity index (χ1n) is 5.92. The zero-order valence-electron chi connectivity index (χ0n) is 8.74. The molecule has 1 heterocycles. The van der Waals surface area contributed by atoms with E-state index >= 15 is 0 Å². The van der Waals surface area contributed by atoms with Crippen LogP contribution in [0.1, 0.15) is 51.4 Å². The van der Waals surface area contributed by atoms with E-state index in [4.69, 9.17) is 0 Å². The van der Waals surface area contributed by atoms with Gasteiger partial charge in [-0.25, -0.2) is 8.42 Å². The monoisotopic (exact) mass is 216 g/mol. The maximum atomic E-state index is 11.9. The molecule has 2 fully saturated rings. The zero-order chi connectivity index (χ0) is 10.0. The molecule has 0 aromatic rings. The predicted molar refractivity (Wildman–Crippen MR) is 58.0 cm³/mol. The highest BCUT2D eigenvalue weighted by Crippen LogP contribution is 2.34. The van der Waals surface area contributed by atoms with Gasteiger partial charge >= 0.3 is 0 Å². The summed E-state index contributed by atoms with van der Waals surface area (Å²) in [6.45, 7) is 0. The number of sulfone groups is 1. The van der Waals surface area contributed by atoms with Gasteiger partial charge < -0.3 is 0 Å². The molecule has 0 spiro atoms. The topological polar surface area (TPSA) is 34.1 Å². The Morgan fingerprint density at radius 2 is 1.43 bits per heavy atom. The van der Waals surface area contributed by atoms with Gasteiger partial charge in [0.05, 0.1) is 11.0 Å². The van der Waals surface area contributed by atoms with Crippen LogP contribution in [0.4, 0.5) is 0 Å². The molecule has 1 atom stereocenters. The van der Waals surface area contributed by atoms with Gasteiger partial charge in [0.25, 0.3) is 0 Å². The van der Waals surface area contributed by atoms with Crippen LogP contribution in [0.25, 0.3) is 0 Å². The minimum Gasteiger partial charge on any atom is -0.229 e. The van der Waals surface area contributed by atoms with Crippen molar-refractivity contribution >= 4 is 9.84 Å². The lowest BCUT2D eigenvalue weighted by Crippen LogP contribution is -2.35. The van der Waals surface area contributed by atoms with E-state index in [9.17, 15) is 8.42 Å². The van der Waals surface area contributed by atoms with Crippen LogP contribution >= 0.6 is 0 Å². The Kier molecular flexibility index (Phi) is 3.15. The molecular weight excluding hydrogens is 196 g/mol. The van der Waals surface area contributed by atoms with Gasteiger partial charge in [-0.3, -0.25) is 0 Å². The van der Waals surface area contributed by atoms with Gasteiger partial charge in [0.1, 0.15) is 0 Å². The quantitative estimate of drug-likeness (QED) is 0.675. The van der Waals surface area contributed by atoms with Crippen LogP contribution in [0.15, 0.2) is 0 Å². The van der Waals surface area contributed by atoms with E-state index in [0.717, 1.165) is 32.1 Å². The lowest BCUT2D eigenvalue weighted by atomic mass is 9.85. The molecule has 0 amide bonds. The normalized spacial score (nSPS) is 34.1. The van der Waals surface area contributed by atoms with Crippen molar-refractivity contribution in [3.05, 3.63) is 0 Å². The highest BCUT2D eigenvalue weighted by atomic mass is 32.2. The number of hydrogen-bond acceptors (Lipinski definition) is 2. The lowest BCUT2D eigenvalue weighted by molar-refractivity contribution is 0.324. The Labute approximate surface area is 87.0 Å². The summed E-state index contributed by atoms with van der Waals surface area (Å²) in [7, 11) is -2.72. The molecule has 82 valence electrons. The van der Waals surface area contributed by atoms with E-state index in [1.165, 1.54) is 19.3 Å². The molecule has 0 radical (unpaired) electrons. The first kappa shape index (κ1) is 10.5. The Morgan fingerprint density at radius 1 is 0.786 bits per heavy atom. The molecule has 2 aliphatic rings. The van der Waals surface area contributed by atoms with E-state index in [1.54, 1.807) is 0 Å². The van der Waals surface area contributed by atoms with Crippen molar-refractivity contribution in [2.45, 2.75) is 56.6 Å². The van der Waals surface area contributed by atoms with Gasteiger partial charge in [-0.1, -0.05) is 25.7 Å². The van der Waals surface area contributed by atoms with E-state index in [-0.39, 0.29) is 5.25 Å². The van der Waals surface area contributed by atoms with Crippen molar-refractivity contribution < 1.29 is 8.42 Å². The van der Waals surface area contributed by atoms with E-state index in [2.05, 4.69) is 0 Å². The molecule has 1 saturated carbocycles. The summed E-state index contributed by atoms with van der Waals surface area (Å²) < 4.78 is 23.8. The van der Waals surface area contributed by atoms with Crippen LogP contribution in [0.3, 0.4) is 0 Å². The third-order valence-corrected chi connectivity index (χ3v) is 6.21. The average molecular weight is 216 g/mol. The van der Waals surface area contributed by atoms with Gasteiger partial charge in [-0.15, -0.1) is 0 Å². The fourth-order valence-corrected chi connectivity index (χ4v) is 5.31. The summed E-state index contributed by atoms with van der Waals surface area (Å²) in [5, 5.41) is 0.0246. The SMILES string of the molecule is O=S1(=O)CCCC[C@@H]1C1CCCCC1. The minimum atomic E-state index is -2.72. The van der Waals surface area contributed by atoms with E-state index in [0.29, 0.717) is 11.7 Å². The van der Waals surface area contributed by atoms with Crippen molar-refractivity contribution in [3.8, 4) is 0 Å². The fraction of sp³-hybridized carbons (Fsp3) is 1.00. The van der Waals surface area contributed by atoms with Crippen LogP contribution in [0.2, 0.25) is 0 Å². The summed E-state index contributed by atoms with van der Waals surface area (Å²) in [5.74, 6) is 0.947. The van der Waals surface area contributed by atoms with Crippen molar-refractivity contribution in [1.29, 1.82) is 0 Å². The van der Waals surface area contributed by atoms with E-state index in [1.807, 2.05) is 0 Å². The molecule has 1 aliphatic heterocycles. The lowest BCUT2D eigenvalue weighted by Gasteiger charge is -2.32. The largest absolute Gasteiger partial charge is 0.229 e. The molecular formula is C11H20O2S. The molecule has 0 bridgehead atoms. The fourth-order valence-electron chi connectivity index (χ4n) is 3.01. The van der Waals surface area contributed by atoms with Gasteiger partial charge in [-0.2, -0.15) is 0 Å². The second-order valence-electron chi connectivity index (χ2n) is 4.80. The zero-order valence-corrected chi connectivity index (χ0v) is 9.56. The van der Waals surface area contributed by atoms with Crippen molar-refractivity contribution in [2.24, 2.45) is 5.92 Å². The second-order valence-corrected chi connectivity index (χ2v) is 7.14. The van der Waals surface area contributed by atoms with Gasteiger partial charge in [0.2, 0.25) is 0 Å². The van der Waals surface area contributed by atoms with Crippen LogP contribution in [0, 0.1) is 5.92 Å². The number of rotatable bonds is 1.